The van der Waals surface area contributed by atoms with Crippen LogP contribution in [0.25, 0.3) is 0 Å². The van der Waals surface area contributed by atoms with Crippen molar-refractivity contribution in [3.63, 3.8) is 0 Å². The number of nitrogens with zero attached hydrogens (tertiary/aromatic N) is 3. The molecule has 30 heavy (non-hydrogen) atoms. The first kappa shape index (κ1) is 17.8. The highest BCUT2D eigenvalue weighted by molar-refractivity contribution is 5.95. The molecule has 3 rings (SSSR count). The Morgan fingerprint density at radius 2 is 2.07 bits per heavy atom. The van der Waals surface area contributed by atoms with E-state index in [0.717, 1.165) is 18.5 Å². The first-order chi connectivity index (χ1) is 15.3. The third-order valence-electron chi connectivity index (χ3n) is 5.10. The van der Waals surface area contributed by atoms with E-state index in [0.29, 0.717) is 0 Å². The summed E-state index contributed by atoms with van der Waals surface area (Å²) in [7, 11) is -2.74. The molecule has 0 unspecified atom stereocenters. The Morgan fingerprint density at radius 1 is 1.30 bits per heavy atom. The first-order valence-corrected chi connectivity index (χ1v) is 8.90. The van der Waals surface area contributed by atoms with Gasteiger partial charge < -0.3 is 10.5 Å². The number of alkyl halides is 2. The summed E-state index contributed by atoms with van der Waals surface area (Å²) in [5.41, 5.74) is 1.32. The lowest BCUT2D eigenvalue weighted by Gasteiger charge is -2.36. The molecule has 0 spiro atoms. The summed E-state index contributed by atoms with van der Waals surface area (Å²) in [6.07, 6.45) is 1.03. The predicted octanol–water partition coefficient (Wildman–Crippen LogP) is 3.23. The molecule has 2 atom stereocenters. The zero-order valence-electron chi connectivity index (χ0n) is 18.9. The number of amidine groups is 1. The van der Waals surface area contributed by atoms with Gasteiger partial charge >= 0.3 is 0 Å². The van der Waals surface area contributed by atoms with Gasteiger partial charge in [-0.2, -0.15) is 0 Å². The minimum Gasteiger partial charge on any atom is -0.480 e. The summed E-state index contributed by atoms with van der Waals surface area (Å²) in [5.74, 6) is -4.06. The van der Waals surface area contributed by atoms with Crippen LogP contribution in [-0.2, 0) is 12.0 Å². The average molecular weight is 427 g/mol. The van der Waals surface area contributed by atoms with Crippen LogP contribution in [0.5, 0.6) is 5.88 Å². The molecule has 0 fully saturated rings. The Balaban J connectivity index is 1.87. The molecular weight excluding hydrogens is 404 g/mol. The number of carbonyl (C=O) groups is 1. The maximum Gasteiger partial charge on any atom is 0.232 e. The number of ether oxygens (including phenoxy) is 1. The average Bonchev–Trinajstić information content (AvgIpc) is 2.73. The second-order valence-electron chi connectivity index (χ2n) is 7.25. The third kappa shape index (κ3) is 3.99. The number of hydrogen-bond acceptors (Lipinski definition) is 6. The van der Waals surface area contributed by atoms with Crippen molar-refractivity contribution in [2.24, 2.45) is 10.7 Å². The Bertz CT molecular complexity index is 1100. The molecule has 1 aliphatic heterocycles. The summed E-state index contributed by atoms with van der Waals surface area (Å²) in [5, 5.41) is 0. The van der Waals surface area contributed by atoms with Crippen molar-refractivity contribution in [2.45, 2.75) is 37.4 Å². The van der Waals surface area contributed by atoms with Gasteiger partial charge in [0.15, 0.2) is 23.1 Å². The van der Waals surface area contributed by atoms with Gasteiger partial charge in [0.1, 0.15) is 18.2 Å². The normalized spacial score (nSPS) is 25.6. The van der Waals surface area contributed by atoms with Crippen LogP contribution in [0.3, 0.4) is 0 Å². The minimum absolute atomic E-state index is 0.0797. The molecule has 0 amide bonds. The number of ketones is 1. The lowest BCUT2D eigenvalue weighted by atomic mass is 9.80. The Morgan fingerprint density at radius 3 is 2.67 bits per heavy atom. The Kier molecular flexibility index (Phi) is 4.74. The fraction of sp³-hybridized carbons (Fsp3) is 0.400. The van der Waals surface area contributed by atoms with Gasteiger partial charge in [-0.3, -0.25) is 9.79 Å². The second-order valence-corrected chi connectivity index (χ2v) is 7.25. The third-order valence-corrected chi connectivity index (χ3v) is 5.10. The van der Waals surface area contributed by atoms with Crippen LogP contribution in [0.2, 0.25) is 0 Å². The molecule has 0 saturated carbocycles. The van der Waals surface area contributed by atoms with E-state index in [1.54, 1.807) is 0 Å². The first-order valence-electron chi connectivity index (χ1n) is 10.4. The van der Waals surface area contributed by atoms with Gasteiger partial charge in [0, 0.05) is 12.0 Å². The van der Waals surface area contributed by atoms with E-state index in [9.17, 15) is 22.4 Å². The molecule has 0 bridgehead atoms. The van der Waals surface area contributed by atoms with Gasteiger partial charge in [-0.15, -0.1) is 0 Å². The van der Waals surface area contributed by atoms with E-state index >= 15 is 0 Å². The fourth-order valence-electron chi connectivity index (χ4n) is 3.25. The van der Waals surface area contributed by atoms with Gasteiger partial charge in [-0.05, 0) is 37.5 Å². The van der Waals surface area contributed by atoms with Crippen LogP contribution >= 0.6 is 0 Å². The van der Waals surface area contributed by atoms with Gasteiger partial charge in [-0.25, -0.2) is 27.5 Å². The molecule has 0 aliphatic carbocycles. The minimum atomic E-state index is -2.74. The van der Waals surface area contributed by atoms with Crippen LogP contribution in [0.4, 0.5) is 17.6 Å². The van der Waals surface area contributed by atoms with Gasteiger partial charge in [-0.1, -0.05) is 0 Å². The number of Topliss-reactive ketones (excluding diaryl/α,β-unsaturated/α-hetero) is 1. The van der Waals surface area contributed by atoms with Crippen molar-refractivity contribution in [2.75, 3.05) is 13.7 Å². The summed E-state index contributed by atoms with van der Waals surface area (Å²) in [6.45, 7) is 0.0251. The monoisotopic (exact) mass is 427 g/mol. The van der Waals surface area contributed by atoms with Crippen molar-refractivity contribution in [3.8, 4) is 5.88 Å². The van der Waals surface area contributed by atoms with Crippen LogP contribution in [0, 0.1) is 11.6 Å². The molecule has 0 radical (unpaired) electrons. The molecule has 1 aromatic carbocycles. The van der Waals surface area contributed by atoms with E-state index in [-0.39, 0.29) is 35.5 Å². The number of benzene rings is 1. The maximum absolute atomic E-state index is 14.6. The molecule has 1 aliphatic rings. The van der Waals surface area contributed by atoms with Crippen molar-refractivity contribution in [3.05, 3.63) is 53.0 Å². The number of hydrogen-bond donors (Lipinski definition) is 1. The van der Waals surface area contributed by atoms with E-state index < -0.39 is 54.6 Å². The lowest BCUT2D eigenvalue weighted by Crippen LogP contribution is -2.48. The number of aliphatic imine (C=N–C) groups is 1. The smallest absolute Gasteiger partial charge is 0.232 e. The summed E-state index contributed by atoms with van der Waals surface area (Å²) < 4.78 is 82.0. The highest BCUT2D eigenvalue weighted by Gasteiger charge is 2.45. The molecule has 0 saturated heterocycles. The van der Waals surface area contributed by atoms with E-state index in [1.165, 1.54) is 13.0 Å². The summed E-state index contributed by atoms with van der Waals surface area (Å²) in [4.78, 5) is 24.0. The van der Waals surface area contributed by atoms with Crippen molar-refractivity contribution in [1.29, 1.82) is 0 Å². The molecule has 10 heteroatoms. The van der Waals surface area contributed by atoms with E-state index in [2.05, 4.69) is 19.7 Å². The van der Waals surface area contributed by atoms with Crippen LogP contribution < -0.4 is 10.5 Å². The SMILES string of the molecule is [2H]C([2H])([2H])Oc1cnc(C(=O)Cc2cc(F)c(F)c([C@]3(C)CC[C@](F)(CF)C(N)=N3)c2)cn1. The van der Waals surface area contributed by atoms with Crippen molar-refractivity contribution in [1.82, 2.24) is 9.97 Å². The molecule has 2 aromatic rings. The molecule has 160 valence electrons. The molecule has 1 aromatic heterocycles. The standard InChI is InChI=1S/C20H20F4N4O2/c1-19(3-4-20(24,10-21)18(25)28-19)12-5-11(6-13(22)17(12)23)7-15(29)14-8-27-16(30-2)9-26-14/h5-6,8-9H,3-4,7,10H2,1-2H3,(H2,25,28)/t19-,20-/m0/s1/i2D3. The van der Waals surface area contributed by atoms with Crippen molar-refractivity contribution < 1.29 is 31.2 Å². The second kappa shape index (κ2) is 8.00. The zero-order chi connectivity index (χ0) is 24.6. The Hall–Kier alpha value is -3.04. The quantitative estimate of drug-likeness (QED) is 0.565. The number of rotatable bonds is 6. The number of halogens is 4. The summed E-state index contributed by atoms with van der Waals surface area (Å²) >= 11 is 0. The fourth-order valence-corrected chi connectivity index (χ4v) is 3.25. The molecular formula is C20H20F4N4O2. The van der Waals surface area contributed by atoms with E-state index in [1.807, 2.05) is 0 Å². The van der Waals surface area contributed by atoms with Gasteiger partial charge in [0.25, 0.3) is 0 Å². The van der Waals surface area contributed by atoms with Crippen LogP contribution in [0.1, 0.15) is 45.5 Å². The van der Waals surface area contributed by atoms with Crippen molar-refractivity contribution >= 4 is 11.6 Å². The maximum atomic E-state index is 14.6. The highest BCUT2D eigenvalue weighted by atomic mass is 19.2. The lowest BCUT2D eigenvalue weighted by molar-refractivity contribution is 0.0987. The highest BCUT2D eigenvalue weighted by Crippen LogP contribution is 2.41. The summed E-state index contributed by atoms with van der Waals surface area (Å²) in [6, 6.07) is 2.05. The number of carbonyl (C=O) groups excluding carboxylic acids is 1. The van der Waals surface area contributed by atoms with Gasteiger partial charge in [0.2, 0.25) is 5.88 Å². The van der Waals surface area contributed by atoms with Crippen LogP contribution in [0.15, 0.2) is 29.5 Å². The number of nitrogens with two attached hydrogens (primary N) is 1. The molecule has 2 N–H and O–H groups in total. The topological polar surface area (TPSA) is 90.5 Å². The largest absolute Gasteiger partial charge is 0.480 e. The number of methoxy groups -OCH3 is 1. The van der Waals surface area contributed by atoms with Crippen LogP contribution in [-0.4, -0.2) is 41.0 Å². The molecule has 2 heterocycles. The predicted molar refractivity (Wildman–Crippen MR) is 101 cm³/mol. The molecule has 6 nitrogen and oxygen atoms in total. The Labute approximate surface area is 174 Å². The number of aromatic nitrogens is 2. The van der Waals surface area contributed by atoms with Gasteiger partial charge in [0.05, 0.1) is 29.1 Å². The van der Waals surface area contributed by atoms with E-state index in [4.69, 9.17) is 9.85 Å². The zero-order valence-corrected chi connectivity index (χ0v) is 15.9.